The van der Waals surface area contributed by atoms with Gasteiger partial charge in [-0.15, -0.1) is 12.4 Å². The Morgan fingerprint density at radius 3 is 2.67 bits per heavy atom. The molecule has 1 fully saturated rings. The molecule has 1 aliphatic heterocycles. The number of hydrogen-bond acceptors (Lipinski definition) is 5. The second kappa shape index (κ2) is 7.41. The molecular weight excluding hydrogens is 334 g/mol. The van der Waals surface area contributed by atoms with E-state index in [2.05, 4.69) is 10.4 Å². The summed E-state index contributed by atoms with van der Waals surface area (Å²) < 4.78 is 1.54. The summed E-state index contributed by atoms with van der Waals surface area (Å²) in [4.78, 5) is 24.4. The maximum absolute atomic E-state index is 12.5. The van der Waals surface area contributed by atoms with Crippen LogP contribution in [0.25, 0.3) is 5.69 Å². The molecule has 1 atom stereocenters. The van der Waals surface area contributed by atoms with E-state index in [9.17, 15) is 14.9 Å². The van der Waals surface area contributed by atoms with E-state index in [1.54, 1.807) is 36.3 Å². The van der Waals surface area contributed by atoms with E-state index in [-0.39, 0.29) is 30.0 Å². The Bertz CT molecular complexity index is 725. The highest BCUT2D eigenvalue weighted by Crippen LogP contribution is 2.16. The van der Waals surface area contributed by atoms with Crippen molar-refractivity contribution in [1.82, 2.24) is 20.0 Å². The molecule has 1 aromatic carbocycles. The van der Waals surface area contributed by atoms with Crippen LogP contribution in [0, 0.1) is 10.1 Å². The maximum atomic E-state index is 12.5. The topological polar surface area (TPSA) is 93.3 Å². The van der Waals surface area contributed by atoms with Crippen LogP contribution < -0.4 is 5.32 Å². The predicted octanol–water partition coefficient (Wildman–Crippen LogP) is 1.64. The summed E-state index contributed by atoms with van der Waals surface area (Å²) in [7, 11) is 1.78. The molecule has 0 bridgehead atoms. The molecule has 24 heavy (non-hydrogen) atoms. The normalized spacial score (nSPS) is 16.5. The summed E-state index contributed by atoms with van der Waals surface area (Å²) in [5.41, 5.74) is 1.04. The van der Waals surface area contributed by atoms with E-state index in [0.29, 0.717) is 11.4 Å². The number of non-ortho nitro benzene ring substituents is 1. The number of rotatable bonds is 4. The van der Waals surface area contributed by atoms with Crippen LogP contribution in [0.2, 0.25) is 0 Å². The van der Waals surface area contributed by atoms with Gasteiger partial charge in [0.05, 0.1) is 10.6 Å². The lowest BCUT2D eigenvalue weighted by molar-refractivity contribution is -0.384. The number of carbonyl (C=O) groups excluding carboxylic acids is 1. The molecule has 1 amide bonds. The molecule has 2 heterocycles. The van der Waals surface area contributed by atoms with Crippen molar-refractivity contribution in [3.05, 3.63) is 52.3 Å². The van der Waals surface area contributed by atoms with Crippen molar-refractivity contribution in [3.63, 3.8) is 0 Å². The third kappa shape index (κ3) is 3.55. The molecule has 0 saturated carbocycles. The Morgan fingerprint density at radius 1 is 1.38 bits per heavy atom. The highest BCUT2D eigenvalue weighted by Gasteiger charge is 2.25. The molecule has 1 N–H and O–H groups in total. The number of hydrogen-bond donors (Lipinski definition) is 1. The van der Waals surface area contributed by atoms with Crippen LogP contribution in [0.15, 0.2) is 36.5 Å². The molecule has 1 unspecified atom stereocenters. The van der Waals surface area contributed by atoms with E-state index in [1.165, 1.54) is 16.8 Å². The Labute approximate surface area is 145 Å². The highest BCUT2D eigenvalue weighted by atomic mass is 35.5. The lowest BCUT2D eigenvalue weighted by Crippen LogP contribution is -2.38. The van der Waals surface area contributed by atoms with Gasteiger partial charge in [0.1, 0.15) is 0 Å². The van der Waals surface area contributed by atoms with Gasteiger partial charge in [0.2, 0.25) is 0 Å². The number of likely N-dealkylation sites (N-methyl/N-ethyl adjacent to an activating group) is 1. The molecule has 0 aliphatic carbocycles. The smallest absolute Gasteiger partial charge is 0.274 e. The zero-order valence-electron chi connectivity index (χ0n) is 13.1. The van der Waals surface area contributed by atoms with Crippen molar-refractivity contribution in [3.8, 4) is 5.69 Å². The van der Waals surface area contributed by atoms with Crippen LogP contribution in [-0.2, 0) is 0 Å². The van der Waals surface area contributed by atoms with Crippen LogP contribution in [-0.4, -0.2) is 51.7 Å². The van der Waals surface area contributed by atoms with Gasteiger partial charge in [-0.1, -0.05) is 0 Å². The van der Waals surface area contributed by atoms with E-state index in [0.717, 1.165) is 19.5 Å². The lowest BCUT2D eigenvalue weighted by Gasteiger charge is -2.22. The summed E-state index contributed by atoms with van der Waals surface area (Å²) in [6, 6.07) is 7.87. The van der Waals surface area contributed by atoms with Gasteiger partial charge in [-0.2, -0.15) is 5.10 Å². The van der Waals surface area contributed by atoms with Gasteiger partial charge < -0.3 is 10.2 Å². The third-order valence-electron chi connectivity index (χ3n) is 4.04. The van der Waals surface area contributed by atoms with Gasteiger partial charge in [-0.25, -0.2) is 4.68 Å². The molecule has 9 heteroatoms. The lowest BCUT2D eigenvalue weighted by atomic mass is 10.2. The third-order valence-corrected chi connectivity index (χ3v) is 4.04. The van der Waals surface area contributed by atoms with Crippen molar-refractivity contribution in [2.45, 2.75) is 12.5 Å². The molecule has 1 saturated heterocycles. The first-order valence-corrected chi connectivity index (χ1v) is 7.34. The Balaban J connectivity index is 0.00000208. The van der Waals surface area contributed by atoms with Gasteiger partial charge in [-0.3, -0.25) is 14.9 Å². The summed E-state index contributed by atoms with van der Waals surface area (Å²) in [6.07, 6.45) is 2.61. The second-order valence-electron chi connectivity index (χ2n) is 5.48. The molecule has 1 aromatic heterocycles. The van der Waals surface area contributed by atoms with Gasteiger partial charge >= 0.3 is 0 Å². The van der Waals surface area contributed by atoms with Gasteiger partial charge in [-0.05, 0) is 31.2 Å². The maximum Gasteiger partial charge on any atom is 0.274 e. The Kier molecular flexibility index (Phi) is 5.53. The number of nitro groups is 1. The fourth-order valence-corrected chi connectivity index (χ4v) is 2.63. The number of nitrogens with one attached hydrogen (secondary N) is 1. The fraction of sp³-hybridized carbons (Fsp3) is 0.333. The summed E-state index contributed by atoms with van der Waals surface area (Å²) in [5, 5.41) is 18.2. The SMILES string of the molecule is CN(C(=O)c1ccn(-c2ccc([N+](=O)[O-])cc2)n1)C1CCNC1.Cl. The standard InChI is InChI=1S/C15H17N5O3.ClH/c1-18(13-6-8-16-10-13)15(21)14-7-9-19(17-14)11-2-4-12(5-3-11)20(22)23;/h2-5,7,9,13,16H,6,8,10H2,1H3;1H. The quantitative estimate of drug-likeness (QED) is 0.667. The first kappa shape index (κ1) is 17.9. The van der Waals surface area contributed by atoms with Crippen molar-refractivity contribution in [1.29, 1.82) is 0 Å². The Morgan fingerprint density at radius 2 is 2.08 bits per heavy atom. The number of amides is 1. The average molecular weight is 352 g/mol. The van der Waals surface area contributed by atoms with Crippen molar-refractivity contribution >= 4 is 24.0 Å². The van der Waals surface area contributed by atoms with E-state index in [1.807, 2.05) is 0 Å². The fourth-order valence-electron chi connectivity index (χ4n) is 2.63. The largest absolute Gasteiger partial charge is 0.336 e. The van der Waals surface area contributed by atoms with E-state index < -0.39 is 4.92 Å². The van der Waals surface area contributed by atoms with Crippen LogP contribution >= 0.6 is 12.4 Å². The molecule has 128 valence electrons. The van der Waals surface area contributed by atoms with Crippen molar-refractivity contribution in [2.75, 3.05) is 20.1 Å². The first-order valence-electron chi connectivity index (χ1n) is 7.34. The average Bonchev–Trinajstić information content (AvgIpc) is 3.25. The van der Waals surface area contributed by atoms with Crippen molar-refractivity contribution < 1.29 is 9.72 Å². The summed E-state index contributed by atoms with van der Waals surface area (Å²) in [5.74, 6) is -0.126. The minimum Gasteiger partial charge on any atom is -0.336 e. The first-order chi connectivity index (χ1) is 11.1. The molecule has 8 nitrogen and oxygen atoms in total. The minimum absolute atomic E-state index is 0. The van der Waals surface area contributed by atoms with Crippen LogP contribution in [0.5, 0.6) is 0 Å². The van der Waals surface area contributed by atoms with E-state index in [4.69, 9.17) is 0 Å². The molecule has 3 rings (SSSR count). The minimum atomic E-state index is -0.452. The molecule has 1 aliphatic rings. The monoisotopic (exact) mass is 351 g/mol. The Hall–Kier alpha value is -2.45. The molecular formula is C15H18ClN5O3. The highest BCUT2D eigenvalue weighted by molar-refractivity contribution is 5.92. The van der Waals surface area contributed by atoms with Crippen molar-refractivity contribution in [2.24, 2.45) is 0 Å². The number of nitro benzene ring substituents is 1. The molecule has 2 aromatic rings. The van der Waals surface area contributed by atoms with Gasteiger partial charge in [0.15, 0.2) is 5.69 Å². The zero-order chi connectivity index (χ0) is 16.4. The summed E-state index contributed by atoms with van der Waals surface area (Å²) >= 11 is 0. The van der Waals surface area contributed by atoms with Crippen LogP contribution in [0.1, 0.15) is 16.9 Å². The molecule has 0 spiro atoms. The molecule has 0 radical (unpaired) electrons. The van der Waals surface area contributed by atoms with E-state index >= 15 is 0 Å². The van der Waals surface area contributed by atoms with Crippen LogP contribution in [0.3, 0.4) is 0 Å². The number of halogens is 1. The number of carbonyl (C=O) groups is 1. The van der Waals surface area contributed by atoms with Gasteiger partial charge in [0.25, 0.3) is 11.6 Å². The van der Waals surface area contributed by atoms with Gasteiger partial charge in [0, 0.05) is 38.0 Å². The number of aromatic nitrogens is 2. The predicted molar refractivity (Wildman–Crippen MR) is 90.8 cm³/mol. The number of benzene rings is 1. The zero-order valence-corrected chi connectivity index (χ0v) is 13.9. The van der Waals surface area contributed by atoms with Crippen LogP contribution in [0.4, 0.5) is 5.69 Å². The number of nitrogens with zero attached hydrogens (tertiary/aromatic N) is 4. The second-order valence-corrected chi connectivity index (χ2v) is 5.48. The summed E-state index contributed by atoms with van der Waals surface area (Å²) in [6.45, 7) is 1.71.